The van der Waals surface area contributed by atoms with Gasteiger partial charge in [-0.2, -0.15) is 0 Å². The van der Waals surface area contributed by atoms with E-state index in [1.54, 1.807) is 24.3 Å². The first-order chi connectivity index (χ1) is 17.4. The number of carbonyl (C=O) groups excluding carboxylic acids is 1. The van der Waals surface area contributed by atoms with E-state index in [1.165, 1.54) is 25.7 Å². The predicted molar refractivity (Wildman–Crippen MR) is 140 cm³/mol. The van der Waals surface area contributed by atoms with Gasteiger partial charge in [0.1, 0.15) is 31.0 Å². The van der Waals surface area contributed by atoms with Gasteiger partial charge in [-0.3, -0.25) is 24.6 Å². The molecule has 0 aromatic heterocycles. The van der Waals surface area contributed by atoms with Crippen molar-refractivity contribution in [1.82, 2.24) is 10.2 Å². The molecule has 9 nitrogen and oxygen atoms in total. The van der Waals surface area contributed by atoms with Crippen molar-refractivity contribution in [3.63, 3.8) is 0 Å². The smallest absolute Gasteiger partial charge is 0.323 e. The fourth-order valence-electron chi connectivity index (χ4n) is 4.43. The SMILES string of the molecule is CCCCN(CCCC)CCCCCCC(N[C@H]1COc2ccccc2N(CC(=O)O)C1=O)C(=O)O. The second-order valence-electron chi connectivity index (χ2n) is 9.46. The van der Waals surface area contributed by atoms with Gasteiger partial charge in [0.15, 0.2) is 0 Å². The van der Waals surface area contributed by atoms with Crippen LogP contribution in [0.3, 0.4) is 0 Å². The molecule has 36 heavy (non-hydrogen) atoms. The van der Waals surface area contributed by atoms with Gasteiger partial charge in [0.25, 0.3) is 0 Å². The van der Waals surface area contributed by atoms with Crippen LogP contribution in [0.15, 0.2) is 24.3 Å². The molecule has 0 spiro atoms. The Labute approximate surface area is 214 Å². The molecular formula is C27H43N3O6. The van der Waals surface area contributed by atoms with Crippen LogP contribution in [-0.2, 0) is 14.4 Å². The molecule has 1 amide bonds. The Hall–Kier alpha value is -2.65. The topological polar surface area (TPSA) is 119 Å². The Morgan fingerprint density at radius 3 is 2.31 bits per heavy atom. The predicted octanol–water partition coefficient (Wildman–Crippen LogP) is 3.76. The van der Waals surface area contributed by atoms with E-state index < -0.39 is 36.5 Å². The third-order valence-corrected chi connectivity index (χ3v) is 6.49. The molecule has 2 rings (SSSR count). The number of para-hydroxylation sites is 2. The number of ether oxygens (including phenoxy) is 1. The van der Waals surface area contributed by atoms with Gasteiger partial charge in [-0.1, -0.05) is 58.1 Å². The zero-order chi connectivity index (χ0) is 26.3. The number of rotatable bonds is 18. The van der Waals surface area contributed by atoms with Crippen LogP contribution in [0, 0.1) is 0 Å². The van der Waals surface area contributed by atoms with Gasteiger partial charge in [0.05, 0.1) is 5.69 Å². The van der Waals surface area contributed by atoms with Crippen molar-refractivity contribution in [3.05, 3.63) is 24.3 Å². The van der Waals surface area contributed by atoms with Crippen molar-refractivity contribution in [2.45, 2.75) is 83.7 Å². The first-order valence-electron chi connectivity index (χ1n) is 13.3. The number of anilines is 1. The first-order valence-corrected chi connectivity index (χ1v) is 13.3. The van der Waals surface area contributed by atoms with Crippen LogP contribution in [0.4, 0.5) is 5.69 Å². The molecule has 9 heteroatoms. The second-order valence-corrected chi connectivity index (χ2v) is 9.46. The van der Waals surface area contributed by atoms with Crippen LogP contribution in [0.5, 0.6) is 5.75 Å². The molecule has 0 aliphatic carbocycles. The highest BCUT2D eigenvalue weighted by Gasteiger charge is 2.35. The van der Waals surface area contributed by atoms with E-state index >= 15 is 0 Å². The Kier molecular flexibility index (Phi) is 13.3. The summed E-state index contributed by atoms with van der Waals surface area (Å²) in [4.78, 5) is 40.1. The highest BCUT2D eigenvalue weighted by Crippen LogP contribution is 2.31. The summed E-state index contributed by atoms with van der Waals surface area (Å²) in [5.74, 6) is -2.29. The van der Waals surface area contributed by atoms with E-state index in [2.05, 4.69) is 24.1 Å². The molecule has 202 valence electrons. The molecule has 0 saturated carbocycles. The van der Waals surface area contributed by atoms with Crippen LogP contribution in [-0.4, -0.2) is 77.8 Å². The maximum Gasteiger partial charge on any atom is 0.323 e. The number of carboxylic acid groups (broad SMARTS) is 2. The molecule has 1 aliphatic rings. The van der Waals surface area contributed by atoms with Crippen LogP contribution in [0.2, 0.25) is 0 Å². The Morgan fingerprint density at radius 2 is 1.67 bits per heavy atom. The minimum absolute atomic E-state index is 0.0684. The summed E-state index contributed by atoms with van der Waals surface area (Å²) in [6, 6.07) is 4.86. The van der Waals surface area contributed by atoms with Crippen molar-refractivity contribution in [2.24, 2.45) is 0 Å². The Balaban J connectivity index is 1.87. The lowest BCUT2D eigenvalue weighted by Crippen LogP contribution is -2.54. The van der Waals surface area contributed by atoms with Crippen LogP contribution < -0.4 is 15.0 Å². The number of benzene rings is 1. The van der Waals surface area contributed by atoms with Crippen molar-refractivity contribution < 1.29 is 29.3 Å². The second kappa shape index (κ2) is 16.2. The molecule has 1 aliphatic heterocycles. The fourth-order valence-corrected chi connectivity index (χ4v) is 4.43. The fraction of sp³-hybridized carbons (Fsp3) is 0.667. The quantitative estimate of drug-likeness (QED) is 0.258. The monoisotopic (exact) mass is 505 g/mol. The molecule has 3 N–H and O–H groups in total. The number of nitrogens with one attached hydrogen (secondary N) is 1. The molecule has 1 unspecified atom stereocenters. The first kappa shape index (κ1) is 29.6. The van der Waals surface area contributed by atoms with E-state index in [9.17, 15) is 24.6 Å². The van der Waals surface area contributed by atoms with Gasteiger partial charge in [-0.05, 0) is 57.5 Å². The molecule has 0 bridgehead atoms. The number of carboxylic acids is 2. The number of hydrogen-bond acceptors (Lipinski definition) is 6. The normalized spacial score (nSPS) is 16.4. The Bertz CT molecular complexity index is 825. The van der Waals surface area contributed by atoms with Gasteiger partial charge in [-0.15, -0.1) is 0 Å². The summed E-state index contributed by atoms with van der Waals surface area (Å²) in [6.07, 6.45) is 9.00. The van der Waals surface area contributed by atoms with Gasteiger partial charge < -0.3 is 19.8 Å². The number of aliphatic carboxylic acids is 2. The number of nitrogens with zero attached hydrogens (tertiary/aromatic N) is 2. The summed E-state index contributed by atoms with van der Waals surface area (Å²) in [5, 5.41) is 22.0. The van der Waals surface area contributed by atoms with Gasteiger partial charge in [0, 0.05) is 0 Å². The molecule has 0 radical (unpaired) electrons. The number of fused-ring (bicyclic) bond motifs is 1. The van der Waals surface area contributed by atoms with Crippen LogP contribution >= 0.6 is 0 Å². The average Bonchev–Trinajstić information content (AvgIpc) is 2.98. The maximum absolute atomic E-state index is 13.2. The summed E-state index contributed by atoms with van der Waals surface area (Å²) in [7, 11) is 0. The zero-order valence-electron chi connectivity index (χ0n) is 21.8. The number of unbranched alkanes of at least 4 members (excludes halogenated alkanes) is 5. The number of amides is 1. The van der Waals surface area contributed by atoms with E-state index in [0.717, 1.165) is 50.2 Å². The third-order valence-electron chi connectivity index (χ3n) is 6.49. The van der Waals surface area contributed by atoms with Gasteiger partial charge >= 0.3 is 11.9 Å². The lowest BCUT2D eigenvalue weighted by Gasteiger charge is -2.25. The van der Waals surface area contributed by atoms with Gasteiger partial charge in [0.2, 0.25) is 5.91 Å². The zero-order valence-corrected chi connectivity index (χ0v) is 21.8. The van der Waals surface area contributed by atoms with Crippen molar-refractivity contribution in [3.8, 4) is 5.75 Å². The van der Waals surface area contributed by atoms with Crippen molar-refractivity contribution in [1.29, 1.82) is 0 Å². The highest BCUT2D eigenvalue weighted by atomic mass is 16.5. The standard InChI is InChI=1S/C27H43N3O6/c1-3-5-16-29(17-6-4-2)18-12-8-7-9-13-21(27(34)35)28-22-20-36-24-15-11-10-14-23(24)30(26(22)33)19-25(31)32/h10-11,14-15,21-22,28H,3-9,12-13,16-20H2,1-2H3,(H,31,32)(H,34,35)/t21?,22-/m0/s1. The van der Waals surface area contributed by atoms with Crippen molar-refractivity contribution >= 4 is 23.5 Å². The van der Waals surface area contributed by atoms with E-state index in [0.29, 0.717) is 17.9 Å². The van der Waals surface area contributed by atoms with E-state index in [4.69, 9.17) is 4.74 Å². The molecule has 1 aromatic carbocycles. The Morgan fingerprint density at radius 1 is 1.03 bits per heavy atom. The van der Waals surface area contributed by atoms with E-state index in [-0.39, 0.29) is 6.61 Å². The lowest BCUT2D eigenvalue weighted by molar-refractivity contribution is -0.141. The maximum atomic E-state index is 13.2. The largest absolute Gasteiger partial charge is 0.489 e. The highest BCUT2D eigenvalue weighted by molar-refractivity contribution is 6.02. The molecular weight excluding hydrogens is 462 g/mol. The molecule has 0 saturated heterocycles. The summed E-state index contributed by atoms with van der Waals surface area (Å²) < 4.78 is 5.74. The third kappa shape index (κ3) is 9.78. The lowest BCUT2D eigenvalue weighted by atomic mass is 10.1. The minimum atomic E-state index is -1.16. The summed E-state index contributed by atoms with van der Waals surface area (Å²) >= 11 is 0. The van der Waals surface area contributed by atoms with Crippen LogP contribution in [0.25, 0.3) is 0 Å². The van der Waals surface area contributed by atoms with Crippen LogP contribution in [0.1, 0.15) is 71.6 Å². The molecule has 1 aromatic rings. The van der Waals surface area contributed by atoms with E-state index in [1.807, 2.05) is 0 Å². The summed E-state index contributed by atoms with van der Waals surface area (Å²) in [6.45, 7) is 7.19. The molecule has 0 fully saturated rings. The molecule has 1 heterocycles. The number of hydrogen-bond donors (Lipinski definition) is 3. The minimum Gasteiger partial charge on any atom is -0.489 e. The summed E-state index contributed by atoms with van der Waals surface area (Å²) in [5.41, 5.74) is 0.369. The average molecular weight is 506 g/mol. The van der Waals surface area contributed by atoms with Gasteiger partial charge in [-0.25, -0.2) is 0 Å². The molecule has 2 atom stereocenters. The van der Waals surface area contributed by atoms with Crippen molar-refractivity contribution in [2.75, 3.05) is 37.7 Å². The number of carbonyl (C=O) groups is 3.